The van der Waals surface area contributed by atoms with Crippen LogP contribution >= 0.6 is 22.7 Å². The van der Waals surface area contributed by atoms with Crippen molar-refractivity contribution in [2.75, 3.05) is 0 Å². The van der Waals surface area contributed by atoms with E-state index in [2.05, 4.69) is 173 Å². The van der Waals surface area contributed by atoms with Crippen LogP contribution in [0.4, 0.5) is 0 Å². The Kier molecular flexibility index (Phi) is 11.9. The molecule has 2 aliphatic rings. The van der Waals surface area contributed by atoms with E-state index in [4.69, 9.17) is 0 Å². The van der Waals surface area contributed by atoms with Crippen LogP contribution in [0.5, 0.6) is 0 Å². The largest absolute Gasteiger partial charge is 0.134 e. The summed E-state index contributed by atoms with van der Waals surface area (Å²) < 4.78 is 5.60. The lowest BCUT2D eigenvalue weighted by Gasteiger charge is -2.33. The molecule has 0 amide bonds. The maximum Gasteiger partial charge on any atom is 0.0542 e. The van der Waals surface area contributed by atoms with Crippen LogP contribution in [0.3, 0.4) is 0 Å². The van der Waals surface area contributed by atoms with Crippen molar-refractivity contribution in [2.45, 2.75) is 123 Å². The first kappa shape index (κ1) is 44.4. The minimum absolute atomic E-state index is 0.0240. The van der Waals surface area contributed by atoms with Gasteiger partial charge in [0.1, 0.15) is 0 Å². The molecule has 0 saturated carbocycles. The molecule has 10 aromatic rings. The molecule has 0 aliphatic heterocycles. The number of thiophene rings is 2. The van der Waals surface area contributed by atoms with Gasteiger partial charge in [-0.1, -0.05) is 194 Å². The topological polar surface area (TPSA) is 0 Å². The summed E-state index contributed by atoms with van der Waals surface area (Å²) in [6.07, 6.45) is 18.4. The van der Waals surface area contributed by atoms with Crippen molar-refractivity contribution in [3.05, 3.63) is 168 Å². The standard InChI is InChI=1S/C67H64S2/c1-5-7-9-11-13-17-32-67(33-18-14-12-10-8-6-2)60-34-43(3)24-28-54(60)55-30-26-45(41-61(55)67)48-37-49(46-27-31-58-63(42-46)69-65-57-29-25-44(4)35-62(57)68-66(58)65)39-50(38-48)51-36-47-20-19-23-56-52-21-15-16-22-53(52)59(40-51)64(47)56/h15-16,19-31,34-42H,5-14,17-18,32-33H2,1-4H3. The summed E-state index contributed by atoms with van der Waals surface area (Å²) in [5.41, 5.74) is 21.9. The van der Waals surface area contributed by atoms with E-state index in [9.17, 15) is 0 Å². The SMILES string of the molecule is CCCCCCCCC1(CCCCCCCC)c2cc(C)ccc2-c2ccc(-c3cc(-c4cc5c6c(cccc6c4)-c4ccccc4-5)cc(-c4ccc5c(c4)sc4c6ccc(C)cc6sc54)c3)cc21. The summed E-state index contributed by atoms with van der Waals surface area (Å²) in [6, 6.07) is 57.5. The van der Waals surface area contributed by atoms with Crippen molar-refractivity contribution in [1.29, 1.82) is 0 Å². The normalized spacial score (nSPS) is 13.3. The molecule has 0 spiro atoms. The highest BCUT2D eigenvalue weighted by molar-refractivity contribution is 7.36. The second-order valence-electron chi connectivity index (χ2n) is 20.8. The van der Waals surface area contributed by atoms with Crippen LogP contribution < -0.4 is 0 Å². The predicted octanol–water partition coefficient (Wildman–Crippen LogP) is 21.5. The fraction of sp³-hybridized carbons (Fsp3) is 0.284. The Labute approximate surface area is 418 Å². The van der Waals surface area contributed by atoms with Crippen molar-refractivity contribution in [3.63, 3.8) is 0 Å². The fourth-order valence-corrected chi connectivity index (χ4v) is 15.3. The zero-order chi connectivity index (χ0) is 46.6. The first-order valence-electron chi connectivity index (χ1n) is 26.3. The maximum absolute atomic E-state index is 2.66. The van der Waals surface area contributed by atoms with Gasteiger partial charge in [0.05, 0.1) is 9.40 Å². The fourth-order valence-electron chi connectivity index (χ4n) is 12.5. The summed E-state index contributed by atoms with van der Waals surface area (Å²) >= 11 is 3.91. The summed E-state index contributed by atoms with van der Waals surface area (Å²) in [4.78, 5) is 0. The summed E-state index contributed by atoms with van der Waals surface area (Å²) in [5, 5.41) is 5.46. The van der Waals surface area contributed by atoms with Crippen LogP contribution in [0.1, 0.15) is 126 Å². The molecule has 0 unspecified atom stereocenters. The molecule has 69 heavy (non-hydrogen) atoms. The van der Waals surface area contributed by atoms with Crippen molar-refractivity contribution < 1.29 is 0 Å². The van der Waals surface area contributed by atoms with E-state index in [1.807, 2.05) is 22.7 Å². The number of benzene rings is 8. The second kappa shape index (κ2) is 18.5. The van der Waals surface area contributed by atoms with Gasteiger partial charge in [-0.05, 0) is 169 Å². The van der Waals surface area contributed by atoms with E-state index in [-0.39, 0.29) is 5.41 Å². The van der Waals surface area contributed by atoms with Crippen molar-refractivity contribution >= 4 is 63.0 Å². The molecule has 0 saturated heterocycles. The molecule has 8 aromatic carbocycles. The zero-order valence-corrected chi connectivity index (χ0v) is 42.7. The second-order valence-corrected chi connectivity index (χ2v) is 22.9. The van der Waals surface area contributed by atoms with E-state index in [1.165, 1.54) is 208 Å². The molecular formula is C67H64S2. The van der Waals surface area contributed by atoms with Crippen LogP contribution in [-0.4, -0.2) is 0 Å². The lowest BCUT2D eigenvalue weighted by molar-refractivity contribution is 0.398. The molecular weight excluding hydrogens is 869 g/mol. The average molecular weight is 933 g/mol. The van der Waals surface area contributed by atoms with Gasteiger partial charge in [-0.3, -0.25) is 0 Å². The number of aryl methyl sites for hydroxylation is 2. The first-order valence-corrected chi connectivity index (χ1v) is 28.0. The molecule has 0 N–H and O–H groups in total. The lowest BCUT2D eigenvalue weighted by Crippen LogP contribution is -2.25. The van der Waals surface area contributed by atoms with Gasteiger partial charge in [0.2, 0.25) is 0 Å². The van der Waals surface area contributed by atoms with Crippen LogP contribution in [0.15, 0.2) is 146 Å². The first-order chi connectivity index (χ1) is 33.9. The summed E-state index contributed by atoms with van der Waals surface area (Å²) in [7, 11) is 0. The Morgan fingerprint density at radius 3 is 1.57 bits per heavy atom. The van der Waals surface area contributed by atoms with Gasteiger partial charge in [0.25, 0.3) is 0 Å². The van der Waals surface area contributed by atoms with Gasteiger partial charge in [0.15, 0.2) is 0 Å². The molecule has 2 heteroatoms. The number of hydrogen-bond acceptors (Lipinski definition) is 2. The summed E-state index contributed by atoms with van der Waals surface area (Å²) in [5.74, 6) is 0. The maximum atomic E-state index is 2.66. The quantitative estimate of drug-likeness (QED) is 0.0798. The minimum atomic E-state index is 0.0240. The average Bonchev–Trinajstić information content (AvgIpc) is 4.09. The van der Waals surface area contributed by atoms with Gasteiger partial charge >= 0.3 is 0 Å². The highest BCUT2D eigenvalue weighted by atomic mass is 32.1. The molecule has 2 aromatic heterocycles. The Morgan fingerprint density at radius 1 is 0.362 bits per heavy atom. The Bertz CT molecular complexity index is 3560. The van der Waals surface area contributed by atoms with Gasteiger partial charge in [-0.2, -0.15) is 0 Å². The van der Waals surface area contributed by atoms with Crippen LogP contribution in [0, 0.1) is 13.8 Å². The van der Waals surface area contributed by atoms with Crippen molar-refractivity contribution in [2.24, 2.45) is 0 Å². The number of fused-ring (bicyclic) bond motifs is 11. The Balaban J connectivity index is 1.01. The Morgan fingerprint density at radius 2 is 0.870 bits per heavy atom. The monoisotopic (exact) mass is 932 g/mol. The zero-order valence-electron chi connectivity index (χ0n) is 41.1. The van der Waals surface area contributed by atoms with Gasteiger partial charge in [-0.25, -0.2) is 0 Å². The lowest BCUT2D eigenvalue weighted by atomic mass is 9.70. The van der Waals surface area contributed by atoms with E-state index in [1.54, 1.807) is 11.1 Å². The number of unbranched alkanes of at least 4 members (excludes halogenated alkanes) is 10. The minimum Gasteiger partial charge on any atom is -0.134 e. The third-order valence-electron chi connectivity index (χ3n) is 16.1. The van der Waals surface area contributed by atoms with E-state index in [0.717, 1.165) is 0 Å². The third-order valence-corrected chi connectivity index (χ3v) is 18.6. The van der Waals surface area contributed by atoms with Crippen molar-refractivity contribution in [3.8, 4) is 66.8 Å². The van der Waals surface area contributed by atoms with Gasteiger partial charge in [0, 0.05) is 25.6 Å². The molecule has 344 valence electrons. The molecule has 0 fully saturated rings. The summed E-state index contributed by atoms with van der Waals surface area (Å²) in [6.45, 7) is 9.17. The Hall–Kier alpha value is -5.80. The van der Waals surface area contributed by atoms with Crippen molar-refractivity contribution in [1.82, 2.24) is 0 Å². The number of rotatable bonds is 17. The highest BCUT2D eigenvalue weighted by Crippen LogP contribution is 2.56. The van der Waals surface area contributed by atoms with Crippen LogP contribution in [-0.2, 0) is 5.41 Å². The molecule has 12 rings (SSSR count). The molecule has 0 radical (unpaired) electrons. The highest BCUT2D eigenvalue weighted by Gasteiger charge is 2.42. The van der Waals surface area contributed by atoms with E-state index >= 15 is 0 Å². The molecule has 0 nitrogen and oxygen atoms in total. The number of hydrogen-bond donors (Lipinski definition) is 0. The van der Waals surface area contributed by atoms with Crippen LogP contribution in [0.2, 0.25) is 0 Å². The predicted molar refractivity (Wildman–Crippen MR) is 305 cm³/mol. The molecule has 2 aliphatic carbocycles. The molecule has 2 heterocycles. The smallest absolute Gasteiger partial charge is 0.0542 e. The molecule has 0 bridgehead atoms. The van der Waals surface area contributed by atoms with E-state index in [0.29, 0.717) is 0 Å². The third kappa shape index (κ3) is 7.87. The molecule has 0 atom stereocenters. The van der Waals surface area contributed by atoms with Crippen LogP contribution in [0.25, 0.3) is 107 Å². The van der Waals surface area contributed by atoms with Gasteiger partial charge in [-0.15, -0.1) is 22.7 Å². The van der Waals surface area contributed by atoms with E-state index < -0.39 is 0 Å². The van der Waals surface area contributed by atoms with Gasteiger partial charge < -0.3 is 0 Å².